The number of hydrogen-bond donors (Lipinski definition) is 1. The molecule has 0 aromatic carbocycles. The van der Waals surface area contributed by atoms with Crippen molar-refractivity contribution in [2.75, 3.05) is 0 Å². The fourth-order valence-corrected chi connectivity index (χ4v) is 0.853. The zero-order chi connectivity index (χ0) is 11.4. The fourth-order valence-electron chi connectivity index (χ4n) is 0.853. The molecule has 0 amide bonds. The molecule has 15 heavy (non-hydrogen) atoms. The maximum Gasteiger partial charge on any atom is 0.353 e. The van der Waals surface area contributed by atoms with Crippen LogP contribution in [0, 0.1) is 6.92 Å². The van der Waals surface area contributed by atoms with Crippen molar-refractivity contribution in [3.63, 3.8) is 0 Å². The number of hydrogen-bond acceptors (Lipinski definition) is 3. The van der Waals surface area contributed by atoms with Crippen LogP contribution in [0.3, 0.4) is 0 Å². The summed E-state index contributed by atoms with van der Waals surface area (Å²) in [7, 11) is 0. The van der Waals surface area contributed by atoms with Crippen molar-refractivity contribution in [3.05, 3.63) is 37.1 Å². The molecule has 1 heterocycles. The van der Waals surface area contributed by atoms with E-state index in [2.05, 4.69) is 23.1 Å². The number of aryl methyl sites for hydroxylation is 1. The Morgan fingerprint density at radius 2 is 2.33 bits per heavy atom. The lowest BCUT2D eigenvalue weighted by Crippen LogP contribution is -1.98. The van der Waals surface area contributed by atoms with Gasteiger partial charge in [-0.05, 0) is 6.92 Å². The van der Waals surface area contributed by atoms with E-state index in [4.69, 9.17) is 5.11 Å². The Kier molecular flexibility index (Phi) is 3.17. The van der Waals surface area contributed by atoms with Gasteiger partial charge in [-0.1, -0.05) is 13.2 Å². The van der Waals surface area contributed by atoms with E-state index >= 15 is 0 Å². The predicted octanol–water partition coefficient (Wildman–Crippen LogP) is 1.33. The average Bonchev–Trinajstić information content (AvgIpc) is 2.60. The van der Waals surface area contributed by atoms with Crippen molar-refractivity contribution in [1.82, 2.24) is 9.55 Å². The molecular formula is C10H11N3O2. The summed E-state index contributed by atoms with van der Waals surface area (Å²) in [4.78, 5) is 18.0. The molecule has 1 N–H and O–H groups in total. The number of aliphatic carboxylic acids is 1. The van der Waals surface area contributed by atoms with E-state index in [9.17, 15) is 4.79 Å². The van der Waals surface area contributed by atoms with Gasteiger partial charge in [0.1, 0.15) is 5.70 Å². The summed E-state index contributed by atoms with van der Waals surface area (Å²) < 4.78 is 1.65. The average molecular weight is 205 g/mol. The number of carbonyl (C=O) groups is 1. The van der Waals surface area contributed by atoms with Crippen LogP contribution < -0.4 is 0 Å². The van der Waals surface area contributed by atoms with Crippen LogP contribution in [0.1, 0.15) is 5.69 Å². The molecule has 0 saturated carbocycles. The molecule has 0 aliphatic heterocycles. The zero-order valence-corrected chi connectivity index (χ0v) is 8.34. The van der Waals surface area contributed by atoms with Crippen molar-refractivity contribution in [3.8, 4) is 0 Å². The molecule has 0 saturated heterocycles. The highest BCUT2D eigenvalue weighted by atomic mass is 16.4. The molecule has 5 nitrogen and oxygen atoms in total. The van der Waals surface area contributed by atoms with E-state index in [1.54, 1.807) is 17.1 Å². The Hall–Kier alpha value is -2.17. The monoisotopic (exact) mass is 205 g/mol. The topological polar surface area (TPSA) is 67.5 Å². The SMILES string of the molecule is C=C(/N=C/C(=C)n1cnc(C)c1)C(=O)O. The van der Waals surface area contributed by atoms with Crippen LogP contribution in [0.25, 0.3) is 5.70 Å². The second-order valence-electron chi connectivity index (χ2n) is 2.92. The Bertz CT molecular complexity index is 443. The third-order valence-corrected chi connectivity index (χ3v) is 1.66. The number of nitrogens with zero attached hydrogens (tertiary/aromatic N) is 3. The minimum Gasteiger partial charge on any atom is -0.477 e. The molecule has 0 fully saturated rings. The Morgan fingerprint density at radius 3 is 2.80 bits per heavy atom. The van der Waals surface area contributed by atoms with E-state index in [0.29, 0.717) is 5.70 Å². The first kappa shape index (κ1) is 10.9. The molecule has 0 spiro atoms. The maximum absolute atomic E-state index is 10.4. The molecule has 0 aliphatic carbocycles. The van der Waals surface area contributed by atoms with Gasteiger partial charge in [0.05, 0.1) is 23.9 Å². The summed E-state index contributed by atoms with van der Waals surface area (Å²) >= 11 is 0. The molecule has 1 aromatic rings. The third-order valence-electron chi connectivity index (χ3n) is 1.66. The van der Waals surface area contributed by atoms with E-state index < -0.39 is 5.97 Å². The lowest BCUT2D eigenvalue weighted by Gasteiger charge is -1.98. The molecule has 0 radical (unpaired) electrons. The van der Waals surface area contributed by atoms with Gasteiger partial charge in [-0.3, -0.25) is 0 Å². The van der Waals surface area contributed by atoms with Crippen LogP contribution in [0.5, 0.6) is 0 Å². The van der Waals surface area contributed by atoms with E-state index in [-0.39, 0.29) is 5.70 Å². The van der Waals surface area contributed by atoms with Crippen molar-refractivity contribution in [1.29, 1.82) is 0 Å². The smallest absolute Gasteiger partial charge is 0.353 e. The largest absolute Gasteiger partial charge is 0.477 e. The van der Waals surface area contributed by atoms with Crippen molar-refractivity contribution in [2.45, 2.75) is 6.92 Å². The highest BCUT2D eigenvalue weighted by Gasteiger charge is 2.00. The van der Waals surface area contributed by atoms with Crippen LogP contribution in [0.2, 0.25) is 0 Å². The second kappa shape index (κ2) is 4.36. The van der Waals surface area contributed by atoms with Gasteiger partial charge in [0.15, 0.2) is 0 Å². The summed E-state index contributed by atoms with van der Waals surface area (Å²) in [5.41, 5.74) is 1.15. The highest BCUT2D eigenvalue weighted by Crippen LogP contribution is 2.02. The summed E-state index contributed by atoms with van der Waals surface area (Å²) in [6, 6.07) is 0. The first-order valence-corrected chi connectivity index (χ1v) is 4.17. The predicted molar refractivity (Wildman–Crippen MR) is 57.6 cm³/mol. The summed E-state index contributed by atoms with van der Waals surface area (Å²) in [5.74, 6) is -1.15. The number of rotatable bonds is 4. The number of carboxylic acids is 1. The molecule has 78 valence electrons. The number of allylic oxidation sites excluding steroid dienone is 1. The van der Waals surface area contributed by atoms with E-state index in [1.165, 1.54) is 6.21 Å². The number of aromatic nitrogens is 2. The molecular weight excluding hydrogens is 194 g/mol. The third kappa shape index (κ3) is 2.91. The molecule has 0 atom stereocenters. The lowest BCUT2D eigenvalue weighted by atomic mass is 10.4. The quantitative estimate of drug-likeness (QED) is 0.595. The van der Waals surface area contributed by atoms with E-state index in [1.807, 2.05) is 6.92 Å². The van der Waals surface area contributed by atoms with Crippen LogP contribution in [0.4, 0.5) is 0 Å². The van der Waals surface area contributed by atoms with Crippen LogP contribution in [-0.4, -0.2) is 26.8 Å². The molecule has 5 heteroatoms. The fraction of sp³-hybridized carbons (Fsp3) is 0.100. The van der Waals surface area contributed by atoms with Gasteiger partial charge in [-0.2, -0.15) is 0 Å². The van der Waals surface area contributed by atoms with Gasteiger partial charge in [0.2, 0.25) is 0 Å². The van der Waals surface area contributed by atoms with Gasteiger partial charge in [0.25, 0.3) is 0 Å². The van der Waals surface area contributed by atoms with Gasteiger partial charge >= 0.3 is 5.97 Å². The molecule has 0 bridgehead atoms. The van der Waals surface area contributed by atoms with Crippen molar-refractivity contribution in [2.24, 2.45) is 4.99 Å². The standard InChI is InChI=1S/C10H11N3O2/c1-7-5-13(6-12-7)8(2)4-11-9(3)10(14)15/h4-6H,2-3H2,1H3,(H,14,15)/b11-4+. The summed E-state index contributed by atoms with van der Waals surface area (Å²) in [6.07, 6.45) is 4.67. The first-order chi connectivity index (χ1) is 7.00. The normalized spacial score (nSPS) is 10.5. The van der Waals surface area contributed by atoms with Crippen LogP contribution in [-0.2, 0) is 4.79 Å². The van der Waals surface area contributed by atoms with Crippen molar-refractivity contribution >= 4 is 17.9 Å². The first-order valence-electron chi connectivity index (χ1n) is 4.17. The number of carboxylic acid groups (broad SMARTS) is 1. The van der Waals surface area contributed by atoms with Crippen molar-refractivity contribution < 1.29 is 9.90 Å². The van der Waals surface area contributed by atoms with Gasteiger partial charge in [-0.15, -0.1) is 0 Å². The Balaban J connectivity index is 2.72. The summed E-state index contributed by atoms with van der Waals surface area (Å²) in [6.45, 7) is 8.82. The highest BCUT2D eigenvalue weighted by molar-refractivity contribution is 6.03. The van der Waals surface area contributed by atoms with Crippen LogP contribution >= 0.6 is 0 Å². The Morgan fingerprint density at radius 1 is 1.67 bits per heavy atom. The molecule has 0 unspecified atom stereocenters. The van der Waals surface area contributed by atoms with Crippen LogP contribution in [0.15, 0.2) is 36.4 Å². The second-order valence-corrected chi connectivity index (χ2v) is 2.92. The minimum absolute atomic E-state index is 0.229. The molecule has 0 aliphatic rings. The lowest BCUT2D eigenvalue weighted by molar-refractivity contribution is -0.132. The van der Waals surface area contributed by atoms with Gasteiger partial charge in [-0.25, -0.2) is 14.8 Å². The number of aliphatic imine (C=N–C) groups is 1. The summed E-state index contributed by atoms with van der Waals surface area (Å²) in [5, 5.41) is 8.51. The minimum atomic E-state index is -1.15. The Labute approximate surface area is 87.1 Å². The van der Waals surface area contributed by atoms with E-state index in [0.717, 1.165) is 5.69 Å². The maximum atomic E-state index is 10.4. The molecule has 1 rings (SSSR count). The zero-order valence-electron chi connectivity index (χ0n) is 8.34. The number of imidazole rings is 1. The molecule has 1 aromatic heterocycles. The van der Waals surface area contributed by atoms with Gasteiger partial charge < -0.3 is 9.67 Å². The van der Waals surface area contributed by atoms with Gasteiger partial charge in [0, 0.05) is 6.20 Å².